The summed E-state index contributed by atoms with van der Waals surface area (Å²) in [6, 6.07) is 1.55. The Kier molecular flexibility index (Phi) is 3.79. The molecule has 5 nitrogen and oxygen atoms in total. The van der Waals surface area contributed by atoms with E-state index < -0.39 is 24.3 Å². The molecule has 1 aromatic rings. The average molecular weight is 274 g/mol. The molecule has 0 aliphatic rings. The smallest absolute Gasteiger partial charge is 0.311 e. The molecule has 1 atom stereocenters. The van der Waals surface area contributed by atoms with Gasteiger partial charge in [0.2, 0.25) is 0 Å². The van der Waals surface area contributed by atoms with Crippen molar-refractivity contribution >= 4 is 27.9 Å². The summed E-state index contributed by atoms with van der Waals surface area (Å²) in [5.41, 5.74) is 0.374. The maximum Gasteiger partial charge on any atom is 0.311 e. The van der Waals surface area contributed by atoms with Gasteiger partial charge in [-0.3, -0.25) is 14.6 Å². The van der Waals surface area contributed by atoms with Crippen molar-refractivity contribution in [2.75, 3.05) is 0 Å². The van der Waals surface area contributed by atoms with Crippen LogP contribution in [0.25, 0.3) is 0 Å². The fourth-order valence-electron chi connectivity index (χ4n) is 1.14. The number of hydrogen-bond donors (Lipinski definition) is 2. The summed E-state index contributed by atoms with van der Waals surface area (Å²) >= 11 is 3.14. The number of pyridine rings is 1. The zero-order valence-corrected chi connectivity index (χ0v) is 9.14. The van der Waals surface area contributed by atoms with Crippen molar-refractivity contribution in [2.45, 2.75) is 12.3 Å². The SMILES string of the molecule is O=C(O)CC(C(=O)O)c1cncc(Br)c1. The van der Waals surface area contributed by atoms with Gasteiger partial charge in [-0.15, -0.1) is 0 Å². The van der Waals surface area contributed by atoms with Gasteiger partial charge in [0.25, 0.3) is 0 Å². The van der Waals surface area contributed by atoms with E-state index in [1.54, 1.807) is 6.07 Å². The van der Waals surface area contributed by atoms with Gasteiger partial charge < -0.3 is 10.2 Å². The second-order valence-electron chi connectivity index (χ2n) is 2.93. The van der Waals surface area contributed by atoms with E-state index in [0.29, 0.717) is 10.0 Å². The summed E-state index contributed by atoms with van der Waals surface area (Å²) in [4.78, 5) is 25.1. The van der Waals surface area contributed by atoms with Gasteiger partial charge in [-0.05, 0) is 27.6 Å². The highest BCUT2D eigenvalue weighted by Crippen LogP contribution is 2.22. The fourth-order valence-corrected chi connectivity index (χ4v) is 1.52. The number of carbonyl (C=O) groups is 2. The zero-order valence-electron chi connectivity index (χ0n) is 7.55. The minimum atomic E-state index is -1.17. The molecule has 0 aromatic carbocycles. The fraction of sp³-hybridized carbons (Fsp3) is 0.222. The van der Waals surface area contributed by atoms with E-state index in [4.69, 9.17) is 10.2 Å². The average Bonchev–Trinajstić information content (AvgIpc) is 2.13. The molecule has 80 valence electrons. The molecule has 1 heterocycles. The lowest BCUT2D eigenvalue weighted by atomic mass is 9.98. The second kappa shape index (κ2) is 4.88. The quantitative estimate of drug-likeness (QED) is 0.868. The predicted molar refractivity (Wildman–Crippen MR) is 54.6 cm³/mol. The Labute approximate surface area is 93.9 Å². The molecule has 0 amide bonds. The van der Waals surface area contributed by atoms with Crippen LogP contribution in [0.2, 0.25) is 0 Å². The number of carboxylic acid groups (broad SMARTS) is 2. The maximum absolute atomic E-state index is 10.8. The Morgan fingerprint density at radius 1 is 1.40 bits per heavy atom. The lowest BCUT2D eigenvalue weighted by Gasteiger charge is -2.09. The Bertz CT molecular complexity index is 393. The number of nitrogens with zero attached hydrogens (tertiary/aromatic N) is 1. The van der Waals surface area contributed by atoms with Crippen LogP contribution in [0.1, 0.15) is 17.9 Å². The van der Waals surface area contributed by atoms with Crippen LogP contribution in [0.4, 0.5) is 0 Å². The molecule has 1 rings (SSSR count). The monoisotopic (exact) mass is 273 g/mol. The van der Waals surface area contributed by atoms with Crippen LogP contribution in [0.5, 0.6) is 0 Å². The third kappa shape index (κ3) is 3.32. The van der Waals surface area contributed by atoms with E-state index in [2.05, 4.69) is 20.9 Å². The van der Waals surface area contributed by atoms with Crippen LogP contribution in [-0.2, 0) is 9.59 Å². The molecule has 1 unspecified atom stereocenters. The summed E-state index contributed by atoms with van der Waals surface area (Å²) < 4.78 is 0.622. The van der Waals surface area contributed by atoms with E-state index in [1.807, 2.05) is 0 Å². The van der Waals surface area contributed by atoms with Crippen LogP contribution >= 0.6 is 15.9 Å². The minimum absolute atomic E-state index is 0.374. The Morgan fingerprint density at radius 3 is 2.53 bits per heavy atom. The Balaban J connectivity index is 2.98. The molecule has 0 aliphatic heterocycles. The minimum Gasteiger partial charge on any atom is -0.481 e. The van der Waals surface area contributed by atoms with Gasteiger partial charge in [0.05, 0.1) is 12.3 Å². The first-order valence-corrected chi connectivity index (χ1v) is 4.85. The van der Waals surface area contributed by atoms with Crippen LogP contribution in [0.15, 0.2) is 22.9 Å². The Morgan fingerprint density at radius 2 is 2.07 bits per heavy atom. The number of rotatable bonds is 4. The summed E-state index contributed by atoms with van der Waals surface area (Å²) in [5, 5.41) is 17.4. The number of carboxylic acids is 2. The van der Waals surface area contributed by atoms with Crippen molar-refractivity contribution in [3.8, 4) is 0 Å². The van der Waals surface area contributed by atoms with Crippen molar-refractivity contribution in [3.05, 3.63) is 28.5 Å². The zero-order chi connectivity index (χ0) is 11.4. The molecular weight excluding hydrogens is 266 g/mol. The highest BCUT2D eigenvalue weighted by atomic mass is 79.9. The second-order valence-corrected chi connectivity index (χ2v) is 3.84. The lowest BCUT2D eigenvalue weighted by molar-refractivity contribution is -0.145. The van der Waals surface area contributed by atoms with Crippen LogP contribution in [0.3, 0.4) is 0 Å². The van der Waals surface area contributed by atoms with E-state index in [-0.39, 0.29) is 0 Å². The van der Waals surface area contributed by atoms with E-state index in [0.717, 1.165) is 0 Å². The maximum atomic E-state index is 10.8. The van der Waals surface area contributed by atoms with Gasteiger partial charge in [-0.1, -0.05) is 0 Å². The standard InChI is InChI=1S/C9H8BrNO4/c10-6-1-5(3-11-4-6)7(9(14)15)2-8(12)13/h1,3-4,7H,2H2,(H,12,13)(H,14,15). The highest BCUT2D eigenvalue weighted by Gasteiger charge is 2.23. The molecule has 0 aliphatic carbocycles. The van der Waals surface area contributed by atoms with E-state index in [9.17, 15) is 9.59 Å². The van der Waals surface area contributed by atoms with Crippen LogP contribution in [0, 0.1) is 0 Å². The third-order valence-corrected chi connectivity index (χ3v) is 2.24. The van der Waals surface area contributed by atoms with Crippen LogP contribution in [-0.4, -0.2) is 27.1 Å². The molecule has 0 radical (unpaired) electrons. The highest BCUT2D eigenvalue weighted by molar-refractivity contribution is 9.10. The van der Waals surface area contributed by atoms with Gasteiger partial charge in [0.15, 0.2) is 0 Å². The molecular formula is C9H8BrNO4. The lowest BCUT2D eigenvalue weighted by Crippen LogP contribution is -2.16. The molecule has 0 saturated carbocycles. The van der Waals surface area contributed by atoms with Gasteiger partial charge in [-0.25, -0.2) is 0 Å². The number of aromatic nitrogens is 1. The predicted octanol–water partition coefficient (Wildman–Crippen LogP) is 1.49. The van der Waals surface area contributed by atoms with E-state index in [1.165, 1.54) is 12.4 Å². The first-order valence-electron chi connectivity index (χ1n) is 4.05. The van der Waals surface area contributed by atoms with Crippen LogP contribution < -0.4 is 0 Å². The molecule has 15 heavy (non-hydrogen) atoms. The molecule has 6 heteroatoms. The Hall–Kier alpha value is -1.43. The summed E-state index contributed by atoms with van der Waals surface area (Å²) in [6.07, 6.45) is 2.41. The van der Waals surface area contributed by atoms with Crippen molar-refractivity contribution in [1.82, 2.24) is 4.98 Å². The van der Waals surface area contributed by atoms with Gasteiger partial charge in [-0.2, -0.15) is 0 Å². The van der Waals surface area contributed by atoms with Gasteiger partial charge in [0.1, 0.15) is 0 Å². The topological polar surface area (TPSA) is 87.5 Å². The summed E-state index contributed by atoms with van der Waals surface area (Å²) in [5.74, 6) is -3.38. The van der Waals surface area contributed by atoms with Crippen molar-refractivity contribution in [3.63, 3.8) is 0 Å². The van der Waals surface area contributed by atoms with Gasteiger partial charge in [0, 0.05) is 16.9 Å². The molecule has 1 aromatic heterocycles. The molecule has 0 saturated heterocycles. The first-order chi connectivity index (χ1) is 7.00. The van der Waals surface area contributed by atoms with Crippen molar-refractivity contribution in [2.24, 2.45) is 0 Å². The molecule has 2 N–H and O–H groups in total. The molecule has 0 spiro atoms. The summed E-state index contributed by atoms with van der Waals surface area (Å²) in [6.45, 7) is 0. The molecule has 0 bridgehead atoms. The largest absolute Gasteiger partial charge is 0.481 e. The number of aliphatic carboxylic acids is 2. The summed E-state index contributed by atoms with van der Waals surface area (Å²) in [7, 11) is 0. The number of hydrogen-bond acceptors (Lipinski definition) is 3. The normalized spacial score (nSPS) is 12.1. The number of halogens is 1. The molecule has 0 fully saturated rings. The third-order valence-electron chi connectivity index (χ3n) is 1.81. The van der Waals surface area contributed by atoms with Crippen molar-refractivity contribution in [1.29, 1.82) is 0 Å². The van der Waals surface area contributed by atoms with E-state index >= 15 is 0 Å². The van der Waals surface area contributed by atoms with Crippen molar-refractivity contribution < 1.29 is 19.8 Å². The van der Waals surface area contributed by atoms with Gasteiger partial charge >= 0.3 is 11.9 Å². The first kappa shape index (κ1) is 11.6.